The van der Waals surface area contributed by atoms with E-state index in [4.69, 9.17) is 0 Å². The van der Waals surface area contributed by atoms with Gasteiger partial charge in [-0.25, -0.2) is 0 Å². The van der Waals surface area contributed by atoms with Crippen LogP contribution in [-0.2, 0) is 0 Å². The normalized spacial score (nSPS) is 24.8. The zero-order chi connectivity index (χ0) is 9.52. The van der Waals surface area contributed by atoms with Gasteiger partial charge in [-0.2, -0.15) is 0 Å². The van der Waals surface area contributed by atoms with Crippen LogP contribution in [0, 0.1) is 5.92 Å². The first-order chi connectivity index (χ1) is 5.34. The van der Waals surface area contributed by atoms with Crippen LogP contribution in [0.15, 0.2) is 22.4 Å². The third-order valence-electron chi connectivity index (χ3n) is 2.76. The molecule has 0 spiro atoms. The lowest BCUT2D eigenvalue weighted by Gasteiger charge is -2.23. The van der Waals surface area contributed by atoms with Crippen LogP contribution in [0.2, 0.25) is 19.6 Å². The second-order valence-electron chi connectivity index (χ2n) is 4.93. The van der Waals surface area contributed by atoms with Gasteiger partial charge in [0.25, 0.3) is 0 Å². The van der Waals surface area contributed by atoms with Crippen molar-refractivity contribution in [3.63, 3.8) is 0 Å². The minimum atomic E-state index is -1.06. The van der Waals surface area contributed by atoms with Gasteiger partial charge in [-0.3, -0.25) is 0 Å². The summed E-state index contributed by atoms with van der Waals surface area (Å²) in [5.41, 5.74) is 3.07. The molecule has 1 unspecified atom stereocenters. The van der Waals surface area contributed by atoms with Gasteiger partial charge in [0.05, 0.1) is 8.07 Å². The van der Waals surface area contributed by atoms with E-state index in [0.29, 0.717) is 5.92 Å². The Labute approximate surface area is 77.4 Å². The highest BCUT2D eigenvalue weighted by atomic mass is 28.3. The van der Waals surface area contributed by atoms with Crippen molar-refractivity contribution in [2.75, 3.05) is 0 Å². The average molecular weight is 180 g/mol. The highest BCUT2D eigenvalue weighted by Crippen LogP contribution is 2.36. The molecule has 0 aromatic rings. The fourth-order valence-corrected chi connectivity index (χ4v) is 5.15. The molecule has 1 rings (SSSR count). The van der Waals surface area contributed by atoms with Gasteiger partial charge >= 0.3 is 0 Å². The van der Waals surface area contributed by atoms with E-state index in [1.165, 1.54) is 5.57 Å². The standard InChI is InChI=1S/C11H20Si/c1-8-7-9(2)11(10(8)3)12(4,5)6/h7,9H,1-6H3. The first-order valence-electron chi connectivity index (χ1n) is 4.74. The first kappa shape index (κ1) is 9.78. The quantitative estimate of drug-likeness (QED) is 0.539. The summed E-state index contributed by atoms with van der Waals surface area (Å²) in [5.74, 6) is 0.705. The summed E-state index contributed by atoms with van der Waals surface area (Å²) in [7, 11) is -1.06. The zero-order valence-corrected chi connectivity index (χ0v) is 10.2. The monoisotopic (exact) mass is 180 g/mol. The second kappa shape index (κ2) is 2.88. The molecule has 68 valence electrons. The Morgan fingerprint density at radius 3 is 1.83 bits per heavy atom. The number of rotatable bonds is 1. The topological polar surface area (TPSA) is 0 Å². The third kappa shape index (κ3) is 1.56. The molecule has 0 aromatic carbocycles. The van der Waals surface area contributed by atoms with E-state index in [9.17, 15) is 0 Å². The maximum Gasteiger partial charge on any atom is 0.0735 e. The number of hydrogen-bond acceptors (Lipinski definition) is 0. The second-order valence-corrected chi connectivity index (χ2v) is 9.97. The SMILES string of the molecule is CC1=CC(C)C([Si](C)(C)C)=C1C. The van der Waals surface area contributed by atoms with Gasteiger partial charge in [0.2, 0.25) is 0 Å². The molecule has 0 radical (unpaired) electrons. The average Bonchev–Trinajstić information content (AvgIpc) is 2.05. The van der Waals surface area contributed by atoms with E-state index in [-0.39, 0.29) is 0 Å². The van der Waals surface area contributed by atoms with Crippen molar-refractivity contribution in [1.29, 1.82) is 0 Å². The summed E-state index contributed by atoms with van der Waals surface area (Å²) >= 11 is 0. The van der Waals surface area contributed by atoms with Gasteiger partial charge in [0.1, 0.15) is 0 Å². The van der Waals surface area contributed by atoms with E-state index < -0.39 is 8.07 Å². The Kier molecular flexibility index (Phi) is 2.35. The van der Waals surface area contributed by atoms with Crippen LogP contribution in [-0.4, -0.2) is 8.07 Å². The van der Waals surface area contributed by atoms with Gasteiger partial charge in [-0.05, 0) is 19.8 Å². The number of hydrogen-bond donors (Lipinski definition) is 0. The van der Waals surface area contributed by atoms with Crippen molar-refractivity contribution in [3.05, 3.63) is 22.4 Å². The minimum absolute atomic E-state index is 0.705. The molecule has 0 saturated heterocycles. The van der Waals surface area contributed by atoms with Gasteiger partial charge < -0.3 is 0 Å². The van der Waals surface area contributed by atoms with Crippen LogP contribution >= 0.6 is 0 Å². The fraction of sp³-hybridized carbons (Fsp3) is 0.636. The predicted molar refractivity (Wildman–Crippen MR) is 59.0 cm³/mol. The predicted octanol–water partition coefficient (Wildman–Crippen LogP) is 3.78. The van der Waals surface area contributed by atoms with E-state index in [1.807, 2.05) is 0 Å². The smallest absolute Gasteiger partial charge is 0.0735 e. The molecule has 1 atom stereocenters. The van der Waals surface area contributed by atoms with Crippen molar-refractivity contribution >= 4 is 8.07 Å². The molecule has 0 aromatic heterocycles. The molecular formula is C11H20Si. The highest BCUT2D eigenvalue weighted by molar-refractivity contribution is 6.83. The Morgan fingerprint density at radius 2 is 1.67 bits per heavy atom. The lowest BCUT2D eigenvalue weighted by molar-refractivity contribution is 0.917. The molecule has 1 aliphatic carbocycles. The Hall–Kier alpha value is -0.303. The van der Waals surface area contributed by atoms with Gasteiger partial charge in [-0.1, -0.05) is 49.0 Å². The first-order valence-corrected chi connectivity index (χ1v) is 8.24. The highest BCUT2D eigenvalue weighted by Gasteiger charge is 2.29. The maximum atomic E-state index is 2.44. The molecule has 0 fully saturated rings. The van der Waals surface area contributed by atoms with E-state index in [0.717, 1.165) is 0 Å². The van der Waals surface area contributed by atoms with Crippen LogP contribution in [0.1, 0.15) is 20.8 Å². The molecule has 1 aliphatic rings. The van der Waals surface area contributed by atoms with Crippen molar-refractivity contribution in [2.24, 2.45) is 5.92 Å². The fourth-order valence-electron chi connectivity index (χ4n) is 2.38. The van der Waals surface area contributed by atoms with Crippen LogP contribution in [0.5, 0.6) is 0 Å². The van der Waals surface area contributed by atoms with Gasteiger partial charge in [-0.15, -0.1) is 0 Å². The summed E-state index contributed by atoms with van der Waals surface area (Å²) in [6.07, 6.45) is 2.41. The molecule has 0 saturated carbocycles. The Bertz CT molecular complexity index is 251. The Morgan fingerprint density at radius 1 is 1.17 bits per heavy atom. The summed E-state index contributed by atoms with van der Waals surface area (Å²) in [5, 5.41) is 1.75. The molecule has 0 aliphatic heterocycles. The largest absolute Gasteiger partial charge is 0.0748 e. The zero-order valence-electron chi connectivity index (χ0n) is 9.15. The molecule has 0 amide bonds. The summed E-state index contributed by atoms with van der Waals surface area (Å²) in [4.78, 5) is 0. The molecule has 1 heteroatoms. The van der Waals surface area contributed by atoms with Crippen molar-refractivity contribution in [3.8, 4) is 0 Å². The van der Waals surface area contributed by atoms with E-state index in [1.54, 1.807) is 10.8 Å². The molecule has 0 heterocycles. The molecule has 0 bridgehead atoms. The summed E-state index contributed by atoms with van der Waals surface area (Å²) in [6, 6.07) is 0. The van der Waals surface area contributed by atoms with Crippen molar-refractivity contribution in [2.45, 2.75) is 40.4 Å². The molecule has 0 N–H and O–H groups in total. The van der Waals surface area contributed by atoms with Gasteiger partial charge in [0.15, 0.2) is 0 Å². The van der Waals surface area contributed by atoms with Crippen LogP contribution < -0.4 is 0 Å². The van der Waals surface area contributed by atoms with Crippen LogP contribution in [0.4, 0.5) is 0 Å². The van der Waals surface area contributed by atoms with Crippen molar-refractivity contribution < 1.29 is 0 Å². The maximum absolute atomic E-state index is 2.44. The van der Waals surface area contributed by atoms with Crippen LogP contribution in [0.25, 0.3) is 0 Å². The number of allylic oxidation sites excluding steroid dienone is 4. The Balaban J connectivity index is 3.09. The molecule has 12 heavy (non-hydrogen) atoms. The van der Waals surface area contributed by atoms with Crippen LogP contribution in [0.3, 0.4) is 0 Å². The van der Waals surface area contributed by atoms with Crippen molar-refractivity contribution in [1.82, 2.24) is 0 Å². The summed E-state index contributed by atoms with van der Waals surface area (Å²) < 4.78 is 0. The van der Waals surface area contributed by atoms with E-state index >= 15 is 0 Å². The minimum Gasteiger partial charge on any atom is -0.0748 e. The third-order valence-corrected chi connectivity index (χ3v) is 5.21. The summed E-state index contributed by atoms with van der Waals surface area (Å²) in [6.45, 7) is 14.2. The lowest BCUT2D eigenvalue weighted by atomic mass is 10.2. The lowest BCUT2D eigenvalue weighted by Crippen LogP contribution is -2.27. The molecule has 0 nitrogen and oxygen atoms in total. The molecular weight excluding hydrogens is 160 g/mol. The van der Waals surface area contributed by atoms with E-state index in [2.05, 4.69) is 46.5 Å². The van der Waals surface area contributed by atoms with Gasteiger partial charge in [0, 0.05) is 0 Å².